The first kappa shape index (κ1) is 16.5. The number of methoxy groups -OCH3 is 1. The van der Waals surface area contributed by atoms with Gasteiger partial charge in [-0.3, -0.25) is 0 Å². The van der Waals surface area contributed by atoms with E-state index in [0.717, 1.165) is 6.54 Å². The number of rotatable bonds is 7. The fraction of sp³-hybridized carbons (Fsp3) is 0.455. The number of nitrogens with one attached hydrogen (secondary N) is 2. The van der Waals surface area contributed by atoms with E-state index in [9.17, 15) is 8.42 Å². The van der Waals surface area contributed by atoms with Crippen molar-refractivity contribution in [3.05, 3.63) is 22.2 Å². The van der Waals surface area contributed by atoms with Crippen molar-refractivity contribution < 1.29 is 13.2 Å². The van der Waals surface area contributed by atoms with E-state index in [-0.39, 0.29) is 21.5 Å². The van der Waals surface area contributed by atoms with Crippen molar-refractivity contribution >= 4 is 33.2 Å². The van der Waals surface area contributed by atoms with Gasteiger partial charge >= 0.3 is 0 Å². The van der Waals surface area contributed by atoms with Gasteiger partial charge in [0.05, 0.1) is 17.2 Å². The highest BCUT2D eigenvalue weighted by molar-refractivity contribution is 7.89. The molecule has 0 aromatic heterocycles. The van der Waals surface area contributed by atoms with E-state index in [1.54, 1.807) is 0 Å². The van der Waals surface area contributed by atoms with Crippen LogP contribution in [0, 0.1) is 0 Å². The Balaban J connectivity index is 2.92. The van der Waals surface area contributed by atoms with E-state index >= 15 is 0 Å². The Kier molecular flexibility index (Phi) is 6.35. The van der Waals surface area contributed by atoms with Crippen LogP contribution >= 0.6 is 23.2 Å². The van der Waals surface area contributed by atoms with E-state index in [4.69, 9.17) is 27.9 Å². The van der Waals surface area contributed by atoms with Crippen LogP contribution in [0.3, 0.4) is 0 Å². The average Bonchev–Trinajstić information content (AvgIpc) is 2.36. The zero-order chi connectivity index (χ0) is 14.5. The molecule has 1 aromatic carbocycles. The summed E-state index contributed by atoms with van der Waals surface area (Å²) in [6.45, 7) is 3.53. The highest BCUT2D eigenvalue weighted by Gasteiger charge is 2.19. The fourth-order valence-corrected chi connectivity index (χ4v) is 3.28. The van der Waals surface area contributed by atoms with Crippen molar-refractivity contribution in [2.24, 2.45) is 0 Å². The van der Waals surface area contributed by atoms with Crippen LogP contribution < -0.4 is 14.8 Å². The molecule has 0 aliphatic carbocycles. The van der Waals surface area contributed by atoms with E-state index < -0.39 is 10.0 Å². The number of halogens is 2. The summed E-state index contributed by atoms with van der Waals surface area (Å²) in [4.78, 5) is -0.0588. The second-order valence-corrected chi connectivity index (χ2v) is 6.22. The standard InChI is InChI=1S/C11H16Cl2N2O3S/c1-3-14-4-5-15-19(16,17)11-7-8(12)10(18-2)6-9(11)13/h6-7,14-15H,3-5H2,1-2H3. The first-order valence-corrected chi connectivity index (χ1v) is 7.89. The van der Waals surface area contributed by atoms with Crippen molar-refractivity contribution in [2.45, 2.75) is 11.8 Å². The molecule has 1 aromatic rings. The van der Waals surface area contributed by atoms with Crippen LogP contribution in [0.2, 0.25) is 10.0 Å². The van der Waals surface area contributed by atoms with Crippen LogP contribution in [0.1, 0.15) is 6.92 Å². The number of likely N-dealkylation sites (N-methyl/N-ethyl adjacent to an activating group) is 1. The SMILES string of the molecule is CCNCCNS(=O)(=O)c1cc(Cl)c(OC)cc1Cl. The van der Waals surface area contributed by atoms with Gasteiger partial charge in [0, 0.05) is 19.2 Å². The predicted molar refractivity (Wildman–Crippen MR) is 76.7 cm³/mol. The van der Waals surface area contributed by atoms with Gasteiger partial charge < -0.3 is 10.1 Å². The van der Waals surface area contributed by atoms with Crippen LogP contribution in [-0.4, -0.2) is 35.2 Å². The molecule has 0 saturated carbocycles. The Morgan fingerprint density at radius 3 is 2.47 bits per heavy atom. The largest absolute Gasteiger partial charge is 0.495 e. The molecule has 0 radical (unpaired) electrons. The van der Waals surface area contributed by atoms with E-state index in [2.05, 4.69) is 10.0 Å². The Labute approximate surface area is 123 Å². The lowest BCUT2D eigenvalue weighted by atomic mass is 10.3. The van der Waals surface area contributed by atoms with Gasteiger partial charge in [0.25, 0.3) is 0 Å². The predicted octanol–water partition coefficient (Wildman–Crippen LogP) is 1.89. The summed E-state index contributed by atoms with van der Waals surface area (Å²) in [7, 11) is -2.25. The maximum Gasteiger partial charge on any atom is 0.242 e. The summed E-state index contributed by atoms with van der Waals surface area (Å²) in [6.07, 6.45) is 0. The smallest absolute Gasteiger partial charge is 0.242 e. The third-order valence-corrected chi connectivity index (χ3v) is 4.56. The first-order valence-electron chi connectivity index (χ1n) is 5.65. The molecular weight excluding hydrogens is 311 g/mol. The molecule has 108 valence electrons. The number of hydrogen-bond donors (Lipinski definition) is 2. The molecule has 1 rings (SSSR count). The molecule has 8 heteroatoms. The van der Waals surface area contributed by atoms with Crippen LogP contribution in [-0.2, 0) is 10.0 Å². The molecule has 0 bridgehead atoms. The Morgan fingerprint density at radius 1 is 1.21 bits per heavy atom. The molecule has 5 nitrogen and oxygen atoms in total. The van der Waals surface area contributed by atoms with Crippen molar-refractivity contribution in [1.82, 2.24) is 10.0 Å². The molecule has 0 aliphatic rings. The summed E-state index contributed by atoms with van der Waals surface area (Å²) < 4.78 is 31.5. The highest BCUT2D eigenvalue weighted by Crippen LogP contribution is 2.33. The maximum absolute atomic E-state index is 12.0. The van der Waals surface area contributed by atoms with Crippen LogP contribution in [0.4, 0.5) is 0 Å². The second-order valence-electron chi connectivity index (χ2n) is 3.67. The number of benzene rings is 1. The van der Waals surface area contributed by atoms with E-state index in [0.29, 0.717) is 12.3 Å². The van der Waals surface area contributed by atoms with Gasteiger partial charge in [0.15, 0.2) is 0 Å². The van der Waals surface area contributed by atoms with Crippen molar-refractivity contribution in [3.8, 4) is 5.75 Å². The first-order chi connectivity index (χ1) is 8.92. The number of sulfonamides is 1. The van der Waals surface area contributed by atoms with Gasteiger partial charge in [-0.2, -0.15) is 0 Å². The summed E-state index contributed by atoms with van der Waals surface area (Å²) in [5, 5.41) is 3.27. The number of hydrogen-bond acceptors (Lipinski definition) is 4. The van der Waals surface area contributed by atoms with Crippen molar-refractivity contribution in [2.75, 3.05) is 26.7 Å². The molecule has 0 spiro atoms. The van der Waals surface area contributed by atoms with Crippen LogP contribution in [0.25, 0.3) is 0 Å². The minimum atomic E-state index is -3.68. The maximum atomic E-state index is 12.0. The Morgan fingerprint density at radius 2 is 1.89 bits per heavy atom. The molecule has 0 atom stereocenters. The highest BCUT2D eigenvalue weighted by atomic mass is 35.5. The van der Waals surface area contributed by atoms with Gasteiger partial charge in [-0.05, 0) is 12.6 Å². The molecule has 0 aliphatic heterocycles. The third-order valence-electron chi connectivity index (χ3n) is 2.34. The van der Waals surface area contributed by atoms with Gasteiger partial charge in [0.2, 0.25) is 10.0 Å². The second kappa shape index (κ2) is 7.31. The molecule has 19 heavy (non-hydrogen) atoms. The molecular formula is C11H16Cl2N2O3S. The fourth-order valence-electron chi connectivity index (χ4n) is 1.40. The van der Waals surface area contributed by atoms with Crippen molar-refractivity contribution in [3.63, 3.8) is 0 Å². The minimum absolute atomic E-state index is 0.0588. The summed E-state index contributed by atoms with van der Waals surface area (Å²) in [5.74, 6) is 0.332. The lowest BCUT2D eigenvalue weighted by molar-refractivity contribution is 0.414. The van der Waals surface area contributed by atoms with Gasteiger partial charge in [-0.15, -0.1) is 0 Å². The van der Waals surface area contributed by atoms with E-state index in [1.165, 1.54) is 19.2 Å². The zero-order valence-corrected chi connectivity index (χ0v) is 13.0. The van der Waals surface area contributed by atoms with Gasteiger partial charge in [-0.1, -0.05) is 30.1 Å². The Bertz CT molecular complexity index is 535. The molecule has 0 fully saturated rings. The topological polar surface area (TPSA) is 67.4 Å². The monoisotopic (exact) mass is 326 g/mol. The summed E-state index contributed by atoms with van der Waals surface area (Å²) >= 11 is 11.8. The molecule has 2 N–H and O–H groups in total. The van der Waals surface area contributed by atoms with Gasteiger partial charge in [0.1, 0.15) is 10.6 Å². The number of ether oxygens (including phenoxy) is 1. The summed E-state index contributed by atoms with van der Waals surface area (Å²) in [5.41, 5.74) is 0. The Hall–Kier alpha value is -0.530. The van der Waals surface area contributed by atoms with E-state index in [1.807, 2.05) is 6.92 Å². The van der Waals surface area contributed by atoms with Gasteiger partial charge in [-0.25, -0.2) is 13.1 Å². The quantitative estimate of drug-likeness (QED) is 0.751. The normalized spacial score (nSPS) is 11.6. The lowest BCUT2D eigenvalue weighted by Gasteiger charge is -2.11. The molecule has 0 saturated heterocycles. The van der Waals surface area contributed by atoms with Crippen molar-refractivity contribution in [1.29, 1.82) is 0 Å². The lowest BCUT2D eigenvalue weighted by Crippen LogP contribution is -2.31. The molecule has 0 unspecified atom stereocenters. The minimum Gasteiger partial charge on any atom is -0.495 e. The summed E-state index contributed by atoms with van der Waals surface area (Å²) in [6, 6.07) is 2.65. The molecule has 0 heterocycles. The molecule has 0 amide bonds. The van der Waals surface area contributed by atoms with Crippen LogP contribution in [0.15, 0.2) is 17.0 Å². The average molecular weight is 327 g/mol. The third kappa shape index (κ3) is 4.50. The zero-order valence-electron chi connectivity index (χ0n) is 10.7. The van der Waals surface area contributed by atoms with Crippen LogP contribution in [0.5, 0.6) is 5.75 Å².